The van der Waals surface area contributed by atoms with E-state index in [1.165, 1.54) is 17.7 Å². The molecule has 0 bridgehead atoms. The lowest BCUT2D eigenvalue weighted by molar-refractivity contribution is -0.159. The minimum Gasteiger partial charge on any atom is -0.455 e. The number of hydrogen-bond donors (Lipinski definition) is 2. The number of rotatable bonds is 14. The van der Waals surface area contributed by atoms with Gasteiger partial charge in [-0.3, -0.25) is 9.59 Å². The molecule has 2 heterocycles. The summed E-state index contributed by atoms with van der Waals surface area (Å²) in [5.41, 5.74) is 8.17. The van der Waals surface area contributed by atoms with Crippen LogP contribution in [0.15, 0.2) is 127 Å². The van der Waals surface area contributed by atoms with E-state index in [1.807, 2.05) is 72.8 Å². The summed E-state index contributed by atoms with van der Waals surface area (Å²) in [4.78, 5) is 41.1. The van der Waals surface area contributed by atoms with Crippen molar-refractivity contribution in [2.24, 2.45) is 0 Å². The Labute approximate surface area is 384 Å². The van der Waals surface area contributed by atoms with E-state index in [0.717, 1.165) is 68.0 Å². The molecule has 14 heteroatoms. The highest BCUT2D eigenvalue weighted by Crippen LogP contribution is 2.40. The van der Waals surface area contributed by atoms with Crippen LogP contribution < -0.4 is 9.47 Å². The van der Waals surface area contributed by atoms with Gasteiger partial charge in [0.15, 0.2) is 11.5 Å². The van der Waals surface area contributed by atoms with E-state index in [1.54, 1.807) is 12.1 Å². The highest BCUT2D eigenvalue weighted by Gasteiger charge is 2.16. The third kappa shape index (κ3) is 10.5. The number of esters is 2. The summed E-state index contributed by atoms with van der Waals surface area (Å²) in [5.74, 6) is 2.49. The predicted molar refractivity (Wildman–Crippen MR) is 249 cm³/mol. The first-order valence-electron chi connectivity index (χ1n) is 19.3. The smallest absolute Gasteiger partial charge is 0.313 e. The lowest BCUT2D eigenvalue weighted by Crippen LogP contribution is -2.12. The SMILES string of the molecule is Cc1ccc(-c2nc3ccc(Oc4c(Br)cc(CCCC(=O)OC(=O)CCCc5cc(Br)c(Oc6ccc7nc(-c8ccc(F)cc8)[nH]c7c6)c(Br)c5)cc4Br)cc3[nH]2)cc1. The Morgan fingerprint density at radius 2 is 0.984 bits per heavy atom. The predicted octanol–water partition coefficient (Wildman–Crippen LogP) is 14.3. The number of aryl methyl sites for hydroxylation is 3. The van der Waals surface area contributed by atoms with Gasteiger partial charge in [-0.15, -0.1) is 0 Å². The van der Waals surface area contributed by atoms with E-state index >= 15 is 0 Å². The van der Waals surface area contributed by atoms with Gasteiger partial charge >= 0.3 is 11.9 Å². The van der Waals surface area contributed by atoms with Gasteiger partial charge in [-0.05, 0) is 180 Å². The molecule has 0 aliphatic heterocycles. The molecule has 6 aromatic carbocycles. The first-order chi connectivity index (χ1) is 29.4. The summed E-state index contributed by atoms with van der Waals surface area (Å²) in [6.07, 6.45) is 2.41. The minimum absolute atomic E-state index is 0.103. The van der Waals surface area contributed by atoms with Gasteiger partial charge < -0.3 is 24.2 Å². The Bertz CT molecular complexity index is 2670. The maximum absolute atomic E-state index is 13.4. The summed E-state index contributed by atoms with van der Waals surface area (Å²) in [5, 5.41) is 0. The van der Waals surface area contributed by atoms with Crippen LogP contribution in [0.1, 0.15) is 42.4 Å². The summed E-state index contributed by atoms with van der Waals surface area (Å²) < 4.78 is 34.0. The van der Waals surface area contributed by atoms with E-state index < -0.39 is 11.9 Å². The molecule has 0 saturated carbocycles. The van der Waals surface area contributed by atoms with E-state index in [-0.39, 0.29) is 18.7 Å². The summed E-state index contributed by atoms with van der Waals surface area (Å²) in [6, 6.07) is 33.4. The zero-order valence-corrected chi connectivity index (χ0v) is 38.8. The minimum atomic E-state index is -0.549. The van der Waals surface area contributed by atoms with Crippen molar-refractivity contribution >= 4 is 97.7 Å². The summed E-state index contributed by atoms with van der Waals surface area (Å²) >= 11 is 14.5. The number of carbonyl (C=O) groups is 2. The van der Waals surface area contributed by atoms with Crippen LogP contribution in [0.25, 0.3) is 44.8 Å². The number of H-pyrrole nitrogens is 2. The van der Waals surface area contributed by atoms with Crippen molar-refractivity contribution in [3.8, 4) is 45.8 Å². The third-order valence-corrected chi connectivity index (χ3v) is 12.2. The zero-order chi connectivity index (χ0) is 42.6. The molecular weight excluding hydrogens is 1040 g/mol. The molecule has 0 atom stereocenters. The molecule has 0 amide bonds. The number of nitrogens with zero attached hydrogens (tertiary/aromatic N) is 2. The molecule has 2 N–H and O–H groups in total. The van der Waals surface area contributed by atoms with Crippen LogP contribution in [0.4, 0.5) is 4.39 Å². The molecule has 0 aliphatic rings. The molecule has 0 unspecified atom stereocenters. The molecule has 0 fully saturated rings. The fourth-order valence-electron chi connectivity index (χ4n) is 6.74. The number of aromatic amines is 2. The molecule has 0 aliphatic carbocycles. The largest absolute Gasteiger partial charge is 0.455 e. The normalized spacial score (nSPS) is 11.3. The molecule has 308 valence electrons. The zero-order valence-electron chi connectivity index (χ0n) is 32.5. The third-order valence-electron chi connectivity index (χ3n) is 9.83. The highest BCUT2D eigenvalue weighted by atomic mass is 79.9. The second-order valence-electron chi connectivity index (χ2n) is 14.4. The van der Waals surface area contributed by atoms with Gasteiger partial charge in [0.2, 0.25) is 0 Å². The second-order valence-corrected chi connectivity index (χ2v) is 17.9. The highest BCUT2D eigenvalue weighted by molar-refractivity contribution is 9.11. The first kappa shape index (κ1) is 42.5. The molecule has 9 nitrogen and oxygen atoms in total. The van der Waals surface area contributed by atoms with E-state index in [2.05, 4.69) is 97.7 Å². The Morgan fingerprint density at radius 3 is 1.41 bits per heavy atom. The van der Waals surface area contributed by atoms with Gasteiger partial charge in [0, 0.05) is 36.1 Å². The van der Waals surface area contributed by atoms with Crippen molar-refractivity contribution in [3.63, 3.8) is 0 Å². The van der Waals surface area contributed by atoms with Crippen LogP contribution in [0, 0.1) is 12.7 Å². The Kier molecular flexibility index (Phi) is 13.1. The molecule has 0 radical (unpaired) electrons. The lowest BCUT2D eigenvalue weighted by atomic mass is 10.1. The van der Waals surface area contributed by atoms with E-state index in [0.29, 0.717) is 54.5 Å². The maximum Gasteiger partial charge on any atom is 0.313 e. The van der Waals surface area contributed by atoms with Gasteiger partial charge in [-0.25, -0.2) is 14.4 Å². The quantitative estimate of drug-likeness (QED) is 0.0822. The van der Waals surface area contributed by atoms with E-state index in [9.17, 15) is 14.0 Å². The standard InChI is InChI=1S/C47H35Br4FN4O5/c1-26-8-10-29(11-9-26)46-53-38-18-16-32(24-40(38)55-46)59-44-34(48)20-27(21-35(44)49)4-2-6-42(57)61-43(58)7-3-5-28-22-36(50)45(37(51)23-28)60-33-17-19-39-41(25-33)56-47(54-39)30-12-14-31(52)15-13-30/h8-25H,2-7H2,1H3,(H,53,55)(H,54,56). The van der Waals surface area contributed by atoms with Crippen molar-refractivity contribution in [2.45, 2.75) is 45.4 Å². The lowest BCUT2D eigenvalue weighted by Gasteiger charge is -2.12. The molecule has 2 aromatic heterocycles. The molecule has 0 saturated heterocycles. The summed E-state index contributed by atoms with van der Waals surface area (Å²) in [6.45, 7) is 2.05. The van der Waals surface area contributed by atoms with Crippen LogP contribution in [0.3, 0.4) is 0 Å². The fraction of sp³-hybridized carbons (Fsp3) is 0.149. The Hall–Kier alpha value is -5.15. The molecule has 8 rings (SSSR count). The number of aromatic nitrogens is 4. The number of halogens is 5. The van der Waals surface area contributed by atoms with Crippen LogP contribution in [0.2, 0.25) is 0 Å². The van der Waals surface area contributed by atoms with Crippen LogP contribution >= 0.6 is 63.7 Å². The molecule has 61 heavy (non-hydrogen) atoms. The van der Waals surface area contributed by atoms with Crippen molar-refractivity contribution in [1.82, 2.24) is 19.9 Å². The van der Waals surface area contributed by atoms with Gasteiger partial charge in [-0.2, -0.15) is 0 Å². The summed E-state index contributed by atoms with van der Waals surface area (Å²) in [7, 11) is 0. The van der Waals surface area contributed by atoms with Gasteiger partial charge in [0.05, 0.1) is 40.0 Å². The van der Waals surface area contributed by atoms with Crippen molar-refractivity contribution in [1.29, 1.82) is 0 Å². The van der Waals surface area contributed by atoms with Gasteiger partial charge in [0.1, 0.15) is 29.0 Å². The fourth-order valence-corrected chi connectivity index (χ4v) is 9.63. The number of hydrogen-bond acceptors (Lipinski definition) is 7. The monoisotopic (exact) mass is 1070 g/mol. The number of imidazole rings is 2. The number of ether oxygens (including phenoxy) is 3. The molecular formula is C47H35Br4FN4O5. The number of carbonyl (C=O) groups excluding carboxylic acids is 2. The average molecular weight is 1070 g/mol. The maximum atomic E-state index is 13.4. The molecule has 0 spiro atoms. The van der Waals surface area contributed by atoms with Crippen molar-refractivity contribution < 1.29 is 28.2 Å². The van der Waals surface area contributed by atoms with Crippen molar-refractivity contribution in [3.05, 3.63) is 150 Å². The average Bonchev–Trinajstić information content (AvgIpc) is 3.85. The van der Waals surface area contributed by atoms with Gasteiger partial charge in [-0.1, -0.05) is 29.8 Å². The Morgan fingerprint density at radius 1 is 0.574 bits per heavy atom. The number of benzene rings is 6. The second kappa shape index (κ2) is 18.9. The van der Waals surface area contributed by atoms with E-state index in [4.69, 9.17) is 19.2 Å². The first-order valence-corrected chi connectivity index (χ1v) is 22.5. The van der Waals surface area contributed by atoms with Crippen molar-refractivity contribution in [2.75, 3.05) is 0 Å². The van der Waals surface area contributed by atoms with Gasteiger partial charge in [0.25, 0.3) is 0 Å². The topological polar surface area (TPSA) is 119 Å². The Balaban J connectivity index is 0.781. The van der Waals surface area contributed by atoms with Crippen LogP contribution in [-0.4, -0.2) is 31.9 Å². The number of nitrogens with one attached hydrogen (secondary N) is 2. The van der Waals surface area contributed by atoms with Crippen LogP contribution in [0.5, 0.6) is 23.0 Å². The molecule has 8 aromatic rings. The number of fused-ring (bicyclic) bond motifs is 2. The van der Waals surface area contributed by atoms with Crippen LogP contribution in [-0.2, 0) is 27.2 Å².